The van der Waals surface area contributed by atoms with Gasteiger partial charge >= 0.3 is 0 Å². The summed E-state index contributed by atoms with van der Waals surface area (Å²) in [6.45, 7) is 4.66. The number of aliphatic hydroxyl groups excluding tert-OH is 1. The minimum atomic E-state index is -0.00903. The first kappa shape index (κ1) is 8.55. The molecule has 2 aliphatic rings. The maximum absolute atomic E-state index is 9.90. The fourth-order valence-corrected chi connectivity index (χ4v) is 3.54. The van der Waals surface area contributed by atoms with Crippen LogP contribution in [0.2, 0.25) is 0 Å². The molecule has 1 nitrogen and oxygen atoms in total. The van der Waals surface area contributed by atoms with Crippen LogP contribution in [0.3, 0.4) is 0 Å². The number of hydrogen-bond donors (Lipinski definition) is 1. The summed E-state index contributed by atoms with van der Waals surface area (Å²) < 4.78 is 0. The van der Waals surface area contributed by atoms with Crippen molar-refractivity contribution in [2.75, 3.05) is 0 Å². The van der Waals surface area contributed by atoms with Crippen LogP contribution in [0, 0.1) is 17.3 Å². The molecule has 1 N–H and O–H groups in total. The lowest BCUT2D eigenvalue weighted by Gasteiger charge is -2.42. The Balaban J connectivity index is 2.20. The first-order valence-electron chi connectivity index (χ1n) is 5.32. The van der Waals surface area contributed by atoms with Gasteiger partial charge in [-0.1, -0.05) is 26.7 Å². The zero-order valence-electron chi connectivity index (χ0n) is 8.21. The van der Waals surface area contributed by atoms with Crippen LogP contribution in [0.1, 0.15) is 46.0 Å². The SMILES string of the molecule is CC1CCCC2(C)C(O)CCC12. The van der Waals surface area contributed by atoms with Gasteiger partial charge in [0.05, 0.1) is 6.10 Å². The summed E-state index contributed by atoms with van der Waals surface area (Å²) in [5, 5.41) is 9.90. The highest BCUT2D eigenvalue weighted by atomic mass is 16.3. The molecule has 2 saturated carbocycles. The van der Waals surface area contributed by atoms with Gasteiger partial charge in [0.15, 0.2) is 0 Å². The molecule has 0 bridgehead atoms. The maximum atomic E-state index is 9.90. The van der Waals surface area contributed by atoms with E-state index in [-0.39, 0.29) is 11.5 Å². The molecule has 0 spiro atoms. The minimum Gasteiger partial charge on any atom is -0.393 e. The third-order valence-electron chi connectivity index (χ3n) is 4.42. The lowest BCUT2D eigenvalue weighted by Crippen LogP contribution is -2.38. The summed E-state index contributed by atoms with van der Waals surface area (Å²) in [5.41, 5.74) is 0.275. The topological polar surface area (TPSA) is 20.2 Å². The van der Waals surface area contributed by atoms with Crippen molar-refractivity contribution in [2.24, 2.45) is 17.3 Å². The second kappa shape index (κ2) is 2.73. The Morgan fingerprint density at radius 1 is 1.25 bits per heavy atom. The van der Waals surface area contributed by atoms with Gasteiger partial charge < -0.3 is 5.11 Å². The Labute approximate surface area is 75.2 Å². The summed E-state index contributed by atoms with van der Waals surface area (Å²) in [7, 11) is 0. The van der Waals surface area contributed by atoms with Crippen LogP contribution in [0.25, 0.3) is 0 Å². The van der Waals surface area contributed by atoms with Gasteiger partial charge in [-0.2, -0.15) is 0 Å². The van der Waals surface area contributed by atoms with Crippen molar-refractivity contribution in [3.8, 4) is 0 Å². The molecule has 4 atom stereocenters. The first-order valence-corrected chi connectivity index (χ1v) is 5.32. The van der Waals surface area contributed by atoms with Gasteiger partial charge in [-0.15, -0.1) is 0 Å². The summed E-state index contributed by atoms with van der Waals surface area (Å²) in [5.74, 6) is 1.65. The number of aliphatic hydroxyl groups is 1. The van der Waals surface area contributed by atoms with E-state index >= 15 is 0 Å². The van der Waals surface area contributed by atoms with E-state index in [1.54, 1.807) is 0 Å². The predicted octanol–water partition coefficient (Wildman–Crippen LogP) is 2.58. The molecule has 0 aliphatic heterocycles. The van der Waals surface area contributed by atoms with Crippen molar-refractivity contribution in [2.45, 2.75) is 52.1 Å². The molecule has 2 aliphatic carbocycles. The quantitative estimate of drug-likeness (QED) is 0.589. The molecule has 70 valence electrons. The molecule has 0 amide bonds. The van der Waals surface area contributed by atoms with Crippen molar-refractivity contribution in [3.63, 3.8) is 0 Å². The van der Waals surface area contributed by atoms with Gasteiger partial charge in [0.1, 0.15) is 0 Å². The van der Waals surface area contributed by atoms with Crippen molar-refractivity contribution in [1.29, 1.82) is 0 Å². The van der Waals surface area contributed by atoms with Crippen molar-refractivity contribution in [1.82, 2.24) is 0 Å². The van der Waals surface area contributed by atoms with E-state index in [0.29, 0.717) is 0 Å². The van der Waals surface area contributed by atoms with Crippen LogP contribution in [-0.4, -0.2) is 11.2 Å². The number of fused-ring (bicyclic) bond motifs is 1. The molecule has 0 aromatic carbocycles. The Morgan fingerprint density at radius 3 is 2.67 bits per heavy atom. The van der Waals surface area contributed by atoms with E-state index in [4.69, 9.17) is 0 Å². The molecule has 12 heavy (non-hydrogen) atoms. The van der Waals surface area contributed by atoms with E-state index in [9.17, 15) is 5.11 Å². The van der Waals surface area contributed by atoms with Crippen LogP contribution in [0.15, 0.2) is 0 Å². The fourth-order valence-electron chi connectivity index (χ4n) is 3.54. The van der Waals surface area contributed by atoms with E-state index in [1.165, 1.54) is 25.7 Å². The average Bonchev–Trinajstić information content (AvgIpc) is 2.30. The molecule has 0 radical (unpaired) electrons. The predicted molar refractivity (Wildman–Crippen MR) is 49.9 cm³/mol. The van der Waals surface area contributed by atoms with Crippen molar-refractivity contribution < 1.29 is 5.11 Å². The van der Waals surface area contributed by atoms with Crippen LogP contribution in [0.5, 0.6) is 0 Å². The first-order chi connectivity index (χ1) is 5.64. The molecule has 4 unspecified atom stereocenters. The van der Waals surface area contributed by atoms with Crippen LogP contribution >= 0.6 is 0 Å². The van der Waals surface area contributed by atoms with Gasteiger partial charge in [-0.3, -0.25) is 0 Å². The van der Waals surface area contributed by atoms with Gasteiger partial charge in [-0.05, 0) is 36.5 Å². The number of hydrogen-bond acceptors (Lipinski definition) is 1. The summed E-state index contributed by atoms with van der Waals surface area (Å²) >= 11 is 0. The van der Waals surface area contributed by atoms with Crippen LogP contribution in [0.4, 0.5) is 0 Å². The highest BCUT2D eigenvalue weighted by Gasteiger charge is 2.49. The van der Waals surface area contributed by atoms with Gasteiger partial charge in [-0.25, -0.2) is 0 Å². The van der Waals surface area contributed by atoms with E-state index in [1.807, 2.05) is 0 Å². The molecule has 2 fully saturated rings. The standard InChI is InChI=1S/C11H20O/c1-8-4-3-7-11(2)9(8)5-6-10(11)12/h8-10,12H,3-7H2,1-2H3. The third-order valence-corrected chi connectivity index (χ3v) is 4.42. The van der Waals surface area contributed by atoms with E-state index in [0.717, 1.165) is 18.3 Å². The second-order valence-corrected chi connectivity index (χ2v) is 5.07. The molecule has 0 saturated heterocycles. The highest BCUT2D eigenvalue weighted by Crippen LogP contribution is 2.54. The molecular weight excluding hydrogens is 148 g/mol. The van der Waals surface area contributed by atoms with Gasteiger partial charge in [0, 0.05) is 0 Å². The average molecular weight is 168 g/mol. The Morgan fingerprint density at radius 2 is 2.00 bits per heavy atom. The molecule has 2 rings (SSSR count). The zero-order valence-corrected chi connectivity index (χ0v) is 8.21. The molecule has 0 aromatic rings. The Hall–Kier alpha value is -0.0400. The summed E-state index contributed by atoms with van der Waals surface area (Å²) in [6, 6.07) is 0. The Kier molecular flexibility index (Phi) is 1.95. The minimum absolute atomic E-state index is 0.00903. The highest BCUT2D eigenvalue weighted by molar-refractivity contribution is 4.99. The largest absolute Gasteiger partial charge is 0.393 e. The normalized spacial score (nSPS) is 53.8. The third kappa shape index (κ3) is 1.02. The van der Waals surface area contributed by atoms with Crippen LogP contribution in [-0.2, 0) is 0 Å². The number of rotatable bonds is 0. The van der Waals surface area contributed by atoms with Crippen molar-refractivity contribution in [3.05, 3.63) is 0 Å². The van der Waals surface area contributed by atoms with Gasteiger partial charge in [0.25, 0.3) is 0 Å². The smallest absolute Gasteiger partial charge is 0.0596 e. The van der Waals surface area contributed by atoms with E-state index < -0.39 is 0 Å². The van der Waals surface area contributed by atoms with Crippen LogP contribution < -0.4 is 0 Å². The Bertz CT molecular complexity index is 178. The lowest BCUT2D eigenvalue weighted by molar-refractivity contribution is -0.00623. The molecule has 0 aromatic heterocycles. The monoisotopic (exact) mass is 168 g/mol. The molecule has 0 heterocycles. The van der Waals surface area contributed by atoms with E-state index in [2.05, 4.69) is 13.8 Å². The molecule has 1 heteroatoms. The van der Waals surface area contributed by atoms with Crippen molar-refractivity contribution >= 4 is 0 Å². The maximum Gasteiger partial charge on any atom is 0.0596 e. The van der Waals surface area contributed by atoms with Gasteiger partial charge in [0.2, 0.25) is 0 Å². The lowest BCUT2D eigenvalue weighted by atomic mass is 9.64. The summed E-state index contributed by atoms with van der Waals surface area (Å²) in [4.78, 5) is 0. The fraction of sp³-hybridized carbons (Fsp3) is 1.00. The zero-order chi connectivity index (χ0) is 8.77. The second-order valence-electron chi connectivity index (χ2n) is 5.07. The molecular formula is C11H20O. The summed E-state index contributed by atoms with van der Waals surface area (Å²) in [6.07, 6.45) is 6.26.